The van der Waals surface area contributed by atoms with Crippen molar-refractivity contribution in [3.05, 3.63) is 42.0 Å². The van der Waals surface area contributed by atoms with Crippen molar-refractivity contribution in [2.45, 2.75) is 39.3 Å². The summed E-state index contributed by atoms with van der Waals surface area (Å²) in [5.41, 5.74) is 0.364. The summed E-state index contributed by atoms with van der Waals surface area (Å²) in [5, 5.41) is 15.9. The third kappa shape index (κ3) is 3.96. The first-order valence-corrected chi connectivity index (χ1v) is 7.64. The molecular weight excluding hydrogens is 262 g/mol. The van der Waals surface area contributed by atoms with Crippen LogP contribution in [0, 0.1) is 0 Å². The number of nitrogens with one attached hydrogen (secondary N) is 1. The Balaban J connectivity index is 2.33. The zero-order valence-corrected chi connectivity index (χ0v) is 13.1. The van der Waals surface area contributed by atoms with Gasteiger partial charge in [0.15, 0.2) is 0 Å². The maximum atomic E-state index is 10.1. The molecule has 2 N–H and O–H groups in total. The minimum absolute atomic E-state index is 0.307. The Morgan fingerprint density at radius 1 is 1.14 bits per heavy atom. The van der Waals surface area contributed by atoms with Gasteiger partial charge in [-0.1, -0.05) is 44.2 Å². The molecule has 0 aliphatic rings. The van der Waals surface area contributed by atoms with E-state index in [0.29, 0.717) is 13.0 Å². The number of hydrogen-bond acceptors (Lipinski definition) is 3. The van der Waals surface area contributed by atoms with Crippen LogP contribution in [0.25, 0.3) is 10.8 Å². The van der Waals surface area contributed by atoms with Gasteiger partial charge < -0.3 is 15.2 Å². The Kier molecular flexibility index (Phi) is 5.21. The number of hydrogen-bond donors (Lipinski definition) is 2. The minimum Gasteiger partial charge on any atom is -0.490 e. The summed E-state index contributed by atoms with van der Waals surface area (Å²) < 4.78 is 5.91. The quantitative estimate of drug-likeness (QED) is 0.819. The third-order valence-corrected chi connectivity index (χ3v) is 3.85. The minimum atomic E-state index is -0.791. The lowest BCUT2D eigenvalue weighted by Crippen LogP contribution is -2.31. The molecular formula is C18H25NO2. The van der Waals surface area contributed by atoms with Gasteiger partial charge in [-0.05, 0) is 36.7 Å². The molecule has 21 heavy (non-hydrogen) atoms. The molecule has 2 rings (SSSR count). The second kappa shape index (κ2) is 6.92. The third-order valence-electron chi connectivity index (χ3n) is 3.85. The highest BCUT2D eigenvalue weighted by molar-refractivity contribution is 5.87. The molecule has 0 saturated carbocycles. The van der Waals surface area contributed by atoms with Crippen molar-refractivity contribution >= 4 is 10.8 Å². The molecule has 1 atom stereocenters. The van der Waals surface area contributed by atoms with E-state index < -0.39 is 5.60 Å². The Morgan fingerprint density at radius 3 is 2.62 bits per heavy atom. The van der Waals surface area contributed by atoms with E-state index in [4.69, 9.17) is 4.74 Å². The lowest BCUT2D eigenvalue weighted by Gasteiger charge is -2.23. The highest BCUT2D eigenvalue weighted by atomic mass is 16.5. The van der Waals surface area contributed by atoms with Crippen molar-refractivity contribution in [1.29, 1.82) is 0 Å². The fourth-order valence-electron chi connectivity index (χ4n) is 2.22. The van der Waals surface area contributed by atoms with Gasteiger partial charge in [0.25, 0.3) is 0 Å². The first kappa shape index (κ1) is 15.8. The molecule has 3 heteroatoms. The summed E-state index contributed by atoms with van der Waals surface area (Å²) in [6.45, 7) is 7.84. The molecule has 0 heterocycles. The lowest BCUT2D eigenvalue weighted by atomic mass is 10.0. The van der Waals surface area contributed by atoms with Gasteiger partial charge in [-0.25, -0.2) is 0 Å². The van der Waals surface area contributed by atoms with Crippen molar-refractivity contribution in [3.8, 4) is 5.75 Å². The highest BCUT2D eigenvalue weighted by Crippen LogP contribution is 2.29. The van der Waals surface area contributed by atoms with Crippen molar-refractivity contribution in [2.75, 3.05) is 13.2 Å². The number of aliphatic hydroxyl groups is 1. The van der Waals surface area contributed by atoms with E-state index >= 15 is 0 Å². The van der Waals surface area contributed by atoms with Gasteiger partial charge in [-0.15, -0.1) is 0 Å². The van der Waals surface area contributed by atoms with Crippen molar-refractivity contribution in [2.24, 2.45) is 0 Å². The zero-order chi connectivity index (χ0) is 15.3. The molecule has 0 radical (unpaired) electrons. The van der Waals surface area contributed by atoms with Crippen LogP contribution in [0.3, 0.4) is 0 Å². The molecule has 2 aromatic carbocycles. The second-order valence-electron chi connectivity index (χ2n) is 5.68. The van der Waals surface area contributed by atoms with Crippen LogP contribution in [-0.2, 0) is 6.54 Å². The SMILES string of the molecule is CCNCc1c(OCC(C)(O)CC)ccc2ccccc12. The second-order valence-corrected chi connectivity index (χ2v) is 5.68. The van der Waals surface area contributed by atoms with Gasteiger partial charge in [-0.3, -0.25) is 0 Å². The molecule has 0 amide bonds. The summed E-state index contributed by atoms with van der Waals surface area (Å²) in [7, 11) is 0. The monoisotopic (exact) mass is 287 g/mol. The van der Waals surface area contributed by atoms with Crippen LogP contribution in [0.4, 0.5) is 0 Å². The normalized spacial score (nSPS) is 14.1. The van der Waals surface area contributed by atoms with Crippen LogP contribution >= 0.6 is 0 Å². The van der Waals surface area contributed by atoms with Crippen LogP contribution in [0.15, 0.2) is 36.4 Å². The van der Waals surface area contributed by atoms with E-state index in [1.54, 1.807) is 6.92 Å². The molecule has 0 spiro atoms. The first-order chi connectivity index (χ1) is 10.1. The fraction of sp³-hybridized carbons (Fsp3) is 0.444. The van der Waals surface area contributed by atoms with Crippen molar-refractivity contribution in [3.63, 3.8) is 0 Å². The van der Waals surface area contributed by atoms with E-state index in [0.717, 1.165) is 24.4 Å². The molecule has 2 aromatic rings. The molecule has 0 saturated heterocycles. The summed E-state index contributed by atoms with van der Waals surface area (Å²) in [6.07, 6.45) is 0.670. The van der Waals surface area contributed by atoms with E-state index in [9.17, 15) is 5.11 Å². The summed E-state index contributed by atoms with van der Waals surface area (Å²) in [5.74, 6) is 0.850. The van der Waals surface area contributed by atoms with Gasteiger partial charge >= 0.3 is 0 Å². The molecule has 0 aliphatic carbocycles. The van der Waals surface area contributed by atoms with Gasteiger partial charge in [-0.2, -0.15) is 0 Å². The maximum Gasteiger partial charge on any atom is 0.124 e. The van der Waals surface area contributed by atoms with Gasteiger partial charge in [0.2, 0.25) is 0 Å². The molecule has 3 nitrogen and oxygen atoms in total. The van der Waals surface area contributed by atoms with Crippen LogP contribution in [0.2, 0.25) is 0 Å². The largest absolute Gasteiger partial charge is 0.490 e. The molecule has 0 bridgehead atoms. The first-order valence-electron chi connectivity index (χ1n) is 7.64. The molecule has 0 aliphatic heterocycles. The summed E-state index contributed by atoms with van der Waals surface area (Å²) >= 11 is 0. The van der Waals surface area contributed by atoms with Crippen LogP contribution < -0.4 is 10.1 Å². The average molecular weight is 287 g/mol. The zero-order valence-electron chi connectivity index (χ0n) is 13.1. The average Bonchev–Trinajstić information content (AvgIpc) is 2.51. The van der Waals surface area contributed by atoms with Gasteiger partial charge in [0, 0.05) is 12.1 Å². The Hall–Kier alpha value is -1.58. The predicted molar refractivity (Wildman–Crippen MR) is 87.7 cm³/mol. The van der Waals surface area contributed by atoms with Crippen LogP contribution in [-0.4, -0.2) is 23.9 Å². The van der Waals surface area contributed by atoms with Gasteiger partial charge in [0.05, 0.1) is 5.60 Å². The van der Waals surface area contributed by atoms with E-state index in [1.807, 2.05) is 25.1 Å². The summed E-state index contributed by atoms with van der Waals surface area (Å²) in [6, 6.07) is 12.4. The molecule has 114 valence electrons. The fourth-order valence-corrected chi connectivity index (χ4v) is 2.22. The van der Waals surface area contributed by atoms with Crippen LogP contribution in [0.5, 0.6) is 5.75 Å². The predicted octanol–water partition coefficient (Wildman–Crippen LogP) is 3.49. The number of rotatable bonds is 7. The van der Waals surface area contributed by atoms with Crippen molar-refractivity contribution in [1.82, 2.24) is 5.32 Å². The number of fused-ring (bicyclic) bond motifs is 1. The Labute approximate surface area is 126 Å². The summed E-state index contributed by atoms with van der Waals surface area (Å²) in [4.78, 5) is 0. The van der Waals surface area contributed by atoms with E-state index in [2.05, 4.69) is 30.4 Å². The highest BCUT2D eigenvalue weighted by Gasteiger charge is 2.19. The van der Waals surface area contributed by atoms with E-state index in [-0.39, 0.29) is 0 Å². The van der Waals surface area contributed by atoms with E-state index in [1.165, 1.54) is 10.8 Å². The van der Waals surface area contributed by atoms with Gasteiger partial charge in [0.1, 0.15) is 12.4 Å². The molecule has 1 unspecified atom stereocenters. The standard InChI is InChI=1S/C18H25NO2/c1-4-18(3,20)13-21-17-11-10-14-8-6-7-9-15(14)16(17)12-19-5-2/h6-11,19-20H,4-5,12-13H2,1-3H3. The van der Waals surface area contributed by atoms with Crippen LogP contribution in [0.1, 0.15) is 32.8 Å². The smallest absolute Gasteiger partial charge is 0.124 e. The molecule has 0 fully saturated rings. The number of benzene rings is 2. The Morgan fingerprint density at radius 2 is 1.90 bits per heavy atom. The van der Waals surface area contributed by atoms with Crippen molar-refractivity contribution < 1.29 is 9.84 Å². The number of ether oxygens (including phenoxy) is 1. The topological polar surface area (TPSA) is 41.5 Å². The Bertz CT molecular complexity index is 593. The maximum absolute atomic E-state index is 10.1. The molecule has 0 aromatic heterocycles. The lowest BCUT2D eigenvalue weighted by molar-refractivity contribution is 0.00821.